The van der Waals surface area contributed by atoms with E-state index in [0.717, 1.165) is 0 Å². The summed E-state index contributed by atoms with van der Waals surface area (Å²) in [6.45, 7) is 1.70. The molecule has 0 atom stereocenters. The summed E-state index contributed by atoms with van der Waals surface area (Å²) in [7, 11) is -3.72. The molecular weight excluding hydrogens is 364 g/mol. The fourth-order valence-electron chi connectivity index (χ4n) is 1.67. The Balaban J connectivity index is 2.44. The summed E-state index contributed by atoms with van der Waals surface area (Å²) in [4.78, 5) is 0.0765. The van der Waals surface area contributed by atoms with E-state index in [1.165, 1.54) is 12.1 Å². The van der Waals surface area contributed by atoms with Gasteiger partial charge < -0.3 is 5.73 Å². The molecule has 106 valence electrons. The molecule has 20 heavy (non-hydrogen) atoms. The van der Waals surface area contributed by atoms with Crippen molar-refractivity contribution in [2.45, 2.75) is 11.8 Å². The number of nitrogens with two attached hydrogens (primary N) is 1. The van der Waals surface area contributed by atoms with E-state index in [4.69, 9.17) is 17.3 Å². The predicted octanol–water partition coefficient (Wildman–Crippen LogP) is 3.79. The van der Waals surface area contributed by atoms with E-state index in [1.54, 1.807) is 31.2 Å². The number of benzene rings is 2. The topological polar surface area (TPSA) is 72.2 Å². The Hall–Kier alpha value is -1.24. The van der Waals surface area contributed by atoms with Crippen LogP contribution in [0, 0.1) is 6.92 Å². The van der Waals surface area contributed by atoms with Gasteiger partial charge in [0.05, 0.1) is 21.3 Å². The lowest BCUT2D eigenvalue weighted by Crippen LogP contribution is -2.14. The van der Waals surface area contributed by atoms with Crippen molar-refractivity contribution in [3.05, 3.63) is 51.5 Å². The van der Waals surface area contributed by atoms with Gasteiger partial charge in [0, 0.05) is 4.47 Å². The number of nitrogens with one attached hydrogen (secondary N) is 1. The molecule has 0 aromatic heterocycles. The van der Waals surface area contributed by atoms with Crippen LogP contribution in [0.4, 0.5) is 11.4 Å². The van der Waals surface area contributed by atoms with Crippen LogP contribution in [0.1, 0.15) is 5.56 Å². The van der Waals surface area contributed by atoms with Gasteiger partial charge >= 0.3 is 0 Å². The van der Waals surface area contributed by atoms with E-state index in [9.17, 15) is 8.42 Å². The number of nitrogen functional groups attached to an aromatic ring is 1. The second kappa shape index (κ2) is 5.63. The number of hydrogen-bond acceptors (Lipinski definition) is 3. The van der Waals surface area contributed by atoms with Gasteiger partial charge in [-0.2, -0.15) is 0 Å². The highest BCUT2D eigenvalue weighted by Crippen LogP contribution is 2.29. The first-order valence-electron chi connectivity index (χ1n) is 5.64. The first kappa shape index (κ1) is 15.2. The molecule has 0 heterocycles. The van der Waals surface area contributed by atoms with E-state index < -0.39 is 10.0 Å². The monoisotopic (exact) mass is 374 g/mol. The van der Waals surface area contributed by atoms with Crippen molar-refractivity contribution in [2.75, 3.05) is 10.5 Å². The lowest BCUT2D eigenvalue weighted by Gasteiger charge is -2.11. The van der Waals surface area contributed by atoms with Gasteiger partial charge in [0.15, 0.2) is 0 Å². The van der Waals surface area contributed by atoms with Crippen molar-refractivity contribution in [3.63, 3.8) is 0 Å². The van der Waals surface area contributed by atoms with E-state index in [2.05, 4.69) is 20.7 Å². The molecule has 2 aromatic carbocycles. The van der Waals surface area contributed by atoms with Crippen LogP contribution >= 0.6 is 27.5 Å². The zero-order valence-corrected chi connectivity index (χ0v) is 13.7. The zero-order chi connectivity index (χ0) is 14.9. The van der Waals surface area contributed by atoms with Crippen molar-refractivity contribution in [2.24, 2.45) is 0 Å². The van der Waals surface area contributed by atoms with Crippen molar-refractivity contribution in [1.82, 2.24) is 0 Å². The molecule has 2 aromatic rings. The Morgan fingerprint density at radius 2 is 1.90 bits per heavy atom. The average Bonchev–Trinajstić information content (AvgIpc) is 2.38. The third kappa shape index (κ3) is 3.08. The molecule has 0 unspecified atom stereocenters. The Kier molecular flexibility index (Phi) is 4.27. The number of halogens is 2. The van der Waals surface area contributed by atoms with E-state index in [0.29, 0.717) is 20.7 Å². The fourth-order valence-corrected chi connectivity index (χ4v) is 3.49. The Morgan fingerprint density at radius 1 is 1.25 bits per heavy atom. The molecule has 7 heteroatoms. The third-order valence-electron chi connectivity index (χ3n) is 2.68. The van der Waals surface area contributed by atoms with Gasteiger partial charge in [0.1, 0.15) is 0 Å². The minimum absolute atomic E-state index is 0.0765. The Morgan fingerprint density at radius 3 is 2.50 bits per heavy atom. The van der Waals surface area contributed by atoms with Gasteiger partial charge in [-0.25, -0.2) is 8.42 Å². The highest BCUT2D eigenvalue weighted by molar-refractivity contribution is 9.10. The molecule has 3 N–H and O–H groups in total. The van der Waals surface area contributed by atoms with Crippen LogP contribution in [-0.4, -0.2) is 8.42 Å². The van der Waals surface area contributed by atoms with Crippen LogP contribution < -0.4 is 10.5 Å². The standard InChI is InChI=1S/C13H12BrClN2O2S/c1-8-6-9(7-11(16)13(8)15)20(18,19)17-12-5-3-2-4-10(12)14/h2-7,17H,16H2,1H3. The van der Waals surface area contributed by atoms with Gasteiger partial charge in [-0.3, -0.25) is 4.72 Å². The normalized spacial score (nSPS) is 11.3. The van der Waals surface area contributed by atoms with Crippen molar-refractivity contribution < 1.29 is 8.42 Å². The largest absolute Gasteiger partial charge is 0.397 e. The van der Waals surface area contributed by atoms with Gasteiger partial charge in [-0.15, -0.1) is 0 Å². The van der Waals surface area contributed by atoms with Crippen LogP contribution in [0.5, 0.6) is 0 Å². The molecule has 4 nitrogen and oxygen atoms in total. The SMILES string of the molecule is Cc1cc(S(=O)(=O)Nc2ccccc2Br)cc(N)c1Cl. The maximum atomic E-state index is 12.3. The smallest absolute Gasteiger partial charge is 0.262 e. The molecule has 0 saturated carbocycles. The zero-order valence-electron chi connectivity index (χ0n) is 10.5. The molecule has 2 rings (SSSR count). The number of hydrogen-bond donors (Lipinski definition) is 2. The average molecular weight is 376 g/mol. The van der Waals surface area contributed by atoms with Crippen molar-refractivity contribution in [3.8, 4) is 0 Å². The van der Waals surface area contributed by atoms with Crippen LogP contribution in [0.3, 0.4) is 0 Å². The number of anilines is 2. The Labute approximate surface area is 131 Å². The minimum Gasteiger partial charge on any atom is -0.397 e. The molecule has 0 fully saturated rings. The van der Waals surface area contributed by atoms with E-state index in [-0.39, 0.29) is 10.6 Å². The molecular formula is C13H12BrClN2O2S. The summed E-state index contributed by atoms with van der Waals surface area (Å²) in [5, 5.41) is 0.366. The molecule has 0 radical (unpaired) electrons. The summed E-state index contributed by atoms with van der Waals surface area (Å²) >= 11 is 9.23. The highest BCUT2D eigenvalue weighted by atomic mass is 79.9. The molecule has 0 saturated heterocycles. The van der Waals surface area contributed by atoms with Crippen LogP contribution in [0.25, 0.3) is 0 Å². The third-order valence-corrected chi connectivity index (χ3v) is 5.24. The number of para-hydroxylation sites is 1. The lowest BCUT2D eigenvalue weighted by atomic mass is 10.2. The van der Waals surface area contributed by atoms with Gasteiger partial charge in [0.25, 0.3) is 10.0 Å². The summed E-state index contributed by atoms with van der Waals surface area (Å²) < 4.78 is 27.8. The highest BCUT2D eigenvalue weighted by Gasteiger charge is 2.17. The summed E-state index contributed by atoms with van der Waals surface area (Å²) in [6.07, 6.45) is 0. The molecule has 0 spiro atoms. The van der Waals surface area contributed by atoms with Gasteiger partial charge in [-0.1, -0.05) is 23.7 Å². The summed E-state index contributed by atoms with van der Waals surface area (Å²) in [5.74, 6) is 0. The first-order valence-corrected chi connectivity index (χ1v) is 8.29. The Bertz CT molecular complexity index is 740. The van der Waals surface area contributed by atoms with Crippen LogP contribution in [0.15, 0.2) is 45.8 Å². The summed E-state index contributed by atoms with van der Waals surface area (Å²) in [6, 6.07) is 9.77. The molecule has 0 bridgehead atoms. The fraction of sp³-hybridized carbons (Fsp3) is 0.0769. The lowest BCUT2D eigenvalue weighted by molar-refractivity contribution is 0.601. The van der Waals surface area contributed by atoms with E-state index >= 15 is 0 Å². The second-order valence-corrected chi connectivity index (χ2v) is 7.14. The number of sulfonamides is 1. The molecule has 0 aliphatic rings. The summed E-state index contributed by atoms with van der Waals surface area (Å²) in [5.41, 5.74) is 7.01. The number of aryl methyl sites for hydroxylation is 1. The minimum atomic E-state index is -3.72. The second-order valence-electron chi connectivity index (χ2n) is 4.23. The van der Waals surface area contributed by atoms with Gasteiger partial charge in [-0.05, 0) is 52.7 Å². The molecule has 0 amide bonds. The van der Waals surface area contributed by atoms with Crippen molar-refractivity contribution >= 4 is 48.9 Å². The van der Waals surface area contributed by atoms with Crippen LogP contribution in [-0.2, 0) is 10.0 Å². The molecule has 0 aliphatic carbocycles. The first-order chi connectivity index (χ1) is 9.31. The maximum Gasteiger partial charge on any atom is 0.262 e. The number of rotatable bonds is 3. The van der Waals surface area contributed by atoms with Crippen molar-refractivity contribution in [1.29, 1.82) is 0 Å². The quantitative estimate of drug-likeness (QED) is 0.802. The predicted molar refractivity (Wildman–Crippen MR) is 85.6 cm³/mol. The molecule has 0 aliphatic heterocycles. The van der Waals surface area contributed by atoms with Gasteiger partial charge in [0.2, 0.25) is 0 Å². The van der Waals surface area contributed by atoms with E-state index in [1.807, 2.05) is 0 Å². The maximum absolute atomic E-state index is 12.3. The van der Waals surface area contributed by atoms with Crippen LogP contribution in [0.2, 0.25) is 5.02 Å².